The molecule has 0 heteroatoms. The molecule has 13 heavy (non-hydrogen) atoms. The second-order valence-corrected chi connectivity index (χ2v) is 3.76. The largest absolute Gasteiger partial charge is 0.0613 e. The first-order valence-corrected chi connectivity index (χ1v) is 4.84. The van der Waals surface area contributed by atoms with Crippen LogP contribution in [-0.2, 0) is 0 Å². The lowest BCUT2D eigenvalue weighted by Crippen LogP contribution is -1.81. The first-order valence-electron chi connectivity index (χ1n) is 4.84. The van der Waals surface area contributed by atoms with Crippen molar-refractivity contribution in [2.45, 2.75) is 18.8 Å². The third-order valence-corrected chi connectivity index (χ3v) is 2.75. The van der Waals surface area contributed by atoms with Crippen LogP contribution in [0, 0.1) is 6.07 Å². The quantitative estimate of drug-likeness (QED) is 0.609. The van der Waals surface area contributed by atoms with Gasteiger partial charge >= 0.3 is 0 Å². The van der Waals surface area contributed by atoms with E-state index in [9.17, 15) is 0 Å². The Morgan fingerprint density at radius 2 is 1.92 bits per heavy atom. The van der Waals surface area contributed by atoms with Crippen LogP contribution < -0.4 is 0 Å². The number of hydrogen-bond acceptors (Lipinski definition) is 0. The van der Waals surface area contributed by atoms with Crippen LogP contribution >= 0.6 is 0 Å². The summed E-state index contributed by atoms with van der Waals surface area (Å²) in [6.45, 7) is 0. The van der Waals surface area contributed by atoms with Gasteiger partial charge in [-0.25, -0.2) is 0 Å². The van der Waals surface area contributed by atoms with E-state index in [0.29, 0.717) is 0 Å². The highest BCUT2D eigenvalue weighted by atomic mass is 14.3. The maximum Gasteiger partial charge on any atom is -0.00703 e. The molecule has 3 rings (SSSR count). The molecular weight excluding hydrogens is 156 g/mol. The third kappa shape index (κ3) is 1.14. The third-order valence-electron chi connectivity index (χ3n) is 2.75. The Morgan fingerprint density at radius 1 is 1.08 bits per heavy atom. The van der Waals surface area contributed by atoms with Crippen LogP contribution in [0.2, 0.25) is 0 Å². The number of fused-ring (bicyclic) bond motifs is 1. The molecule has 1 radical (unpaired) electrons. The highest BCUT2D eigenvalue weighted by molar-refractivity contribution is 5.85. The van der Waals surface area contributed by atoms with Crippen LogP contribution in [-0.4, -0.2) is 0 Å². The maximum absolute atomic E-state index is 3.34. The summed E-state index contributed by atoms with van der Waals surface area (Å²) in [4.78, 5) is 0. The summed E-state index contributed by atoms with van der Waals surface area (Å²) in [6.07, 6.45) is 2.73. The van der Waals surface area contributed by atoms with E-state index in [1.807, 2.05) is 6.07 Å². The van der Waals surface area contributed by atoms with E-state index in [1.165, 1.54) is 29.2 Å². The van der Waals surface area contributed by atoms with Crippen molar-refractivity contribution in [1.29, 1.82) is 0 Å². The zero-order chi connectivity index (χ0) is 8.67. The van der Waals surface area contributed by atoms with Crippen LogP contribution in [0.4, 0.5) is 0 Å². The maximum atomic E-state index is 3.34. The molecule has 0 spiro atoms. The Kier molecular flexibility index (Phi) is 1.42. The summed E-state index contributed by atoms with van der Waals surface area (Å²) in [7, 11) is 0. The van der Waals surface area contributed by atoms with Crippen molar-refractivity contribution in [2.75, 3.05) is 0 Å². The normalized spacial score (nSPS) is 16.3. The van der Waals surface area contributed by atoms with Crippen molar-refractivity contribution >= 4 is 10.8 Å². The highest BCUT2D eigenvalue weighted by Crippen LogP contribution is 2.42. The summed E-state index contributed by atoms with van der Waals surface area (Å²) in [5.74, 6) is 0.822. The minimum absolute atomic E-state index is 0.822. The average molecular weight is 167 g/mol. The molecule has 0 bridgehead atoms. The van der Waals surface area contributed by atoms with E-state index in [4.69, 9.17) is 0 Å². The molecule has 0 atom stereocenters. The molecule has 1 aliphatic carbocycles. The molecule has 1 saturated carbocycles. The molecule has 0 aliphatic heterocycles. The molecule has 0 N–H and O–H groups in total. The lowest BCUT2D eigenvalue weighted by molar-refractivity contribution is 1.15. The Morgan fingerprint density at radius 3 is 2.77 bits per heavy atom. The SMILES string of the molecule is [c]1cccc2cccc(C3CC3)c12. The van der Waals surface area contributed by atoms with E-state index < -0.39 is 0 Å². The van der Waals surface area contributed by atoms with Gasteiger partial charge in [-0.15, -0.1) is 0 Å². The van der Waals surface area contributed by atoms with Gasteiger partial charge in [-0.3, -0.25) is 0 Å². The molecule has 1 aliphatic rings. The van der Waals surface area contributed by atoms with Crippen LogP contribution in [0.25, 0.3) is 10.8 Å². The first kappa shape index (κ1) is 7.14. The topological polar surface area (TPSA) is 0 Å². The standard InChI is InChI=1S/C13H11/c1-2-6-12-10(4-1)5-3-7-13(12)11-8-9-11/h1-5,7,11H,8-9H2. The number of hydrogen-bond donors (Lipinski definition) is 0. The van der Waals surface area contributed by atoms with Gasteiger partial charge in [-0.2, -0.15) is 0 Å². The van der Waals surface area contributed by atoms with Crippen molar-refractivity contribution in [3.8, 4) is 0 Å². The summed E-state index contributed by atoms with van der Waals surface area (Å²) in [6, 6.07) is 16.1. The van der Waals surface area contributed by atoms with Gasteiger partial charge in [-0.05, 0) is 41.2 Å². The molecular formula is C13H11. The molecule has 0 nitrogen and oxygen atoms in total. The molecule has 63 valence electrons. The smallest absolute Gasteiger partial charge is 0.00703 e. The Bertz CT molecular complexity index is 433. The van der Waals surface area contributed by atoms with E-state index in [-0.39, 0.29) is 0 Å². The van der Waals surface area contributed by atoms with Gasteiger partial charge in [0.05, 0.1) is 0 Å². The van der Waals surface area contributed by atoms with Crippen molar-refractivity contribution in [2.24, 2.45) is 0 Å². The Hall–Kier alpha value is -1.30. The predicted molar refractivity (Wildman–Crippen MR) is 54.8 cm³/mol. The lowest BCUT2D eigenvalue weighted by atomic mass is 10.0. The molecule has 0 amide bonds. The van der Waals surface area contributed by atoms with Gasteiger partial charge in [0.15, 0.2) is 0 Å². The van der Waals surface area contributed by atoms with Gasteiger partial charge in [0.25, 0.3) is 0 Å². The summed E-state index contributed by atoms with van der Waals surface area (Å²) < 4.78 is 0. The molecule has 1 fully saturated rings. The van der Waals surface area contributed by atoms with Crippen LogP contribution in [0.3, 0.4) is 0 Å². The van der Waals surface area contributed by atoms with Gasteiger partial charge in [0.2, 0.25) is 0 Å². The zero-order valence-corrected chi connectivity index (χ0v) is 7.46. The molecule has 2 aromatic rings. The minimum Gasteiger partial charge on any atom is -0.0613 e. The molecule has 0 aromatic heterocycles. The van der Waals surface area contributed by atoms with Crippen LogP contribution in [0.1, 0.15) is 24.3 Å². The molecule has 0 unspecified atom stereocenters. The fourth-order valence-corrected chi connectivity index (χ4v) is 1.91. The number of rotatable bonds is 1. The van der Waals surface area contributed by atoms with Crippen molar-refractivity contribution in [1.82, 2.24) is 0 Å². The van der Waals surface area contributed by atoms with Gasteiger partial charge < -0.3 is 0 Å². The molecule has 0 saturated heterocycles. The van der Waals surface area contributed by atoms with E-state index in [2.05, 4.69) is 36.4 Å². The van der Waals surface area contributed by atoms with Gasteiger partial charge in [0.1, 0.15) is 0 Å². The van der Waals surface area contributed by atoms with E-state index in [1.54, 1.807) is 0 Å². The van der Waals surface area contributed by atoms with Crippen molar-refractivity contribution in [3.63, 3.8) is 0 Å². The second kappa shape index (κ2) is 2.59. The monoisotopic (exact) mass is 167 g/mol. The van der Waals surface area contributed by atoms with Gasteiger partial charge in [-0.1, -0.05) is 36.4 Å². The fraction of sp³-hybridized carbons (Fsp3) is 0.231. The van der Waals surface area contributed by atoms with Gasteiger partial charge in [0, 0.05) is 0 Å². The minimum atomic E-state index is 0.822. The summed E-state index contributed by atoms with van der Waals surface area (Å²) in [5, 5.41) is 2.65. The van der Waals surface area contributed by atoms with E-state index in [0.717, 1.165) is 5.92 Å². The average Bonchev–Trinajstić information content (AvgIpc) is 3.00. The second-order valence-electron chi connectivity index (χ2n) is 3.76. The fourth-order valence-electron chi connectivity index (χ4n) is 1.91. The van der Waals surface area contributed by atoms with Crippen molar-refractivity contribution < 1.29 is 0 Å². The van der Waals surface area contributed by atoms with Crippen LogP contribution in [0.15, 0.2) is 36.4 Å². The molecule has 0 heterocycles. The van der Waals surface area contributed by atoms with Crippen molar-refractivity contribution in [3.05, 3.63) is 48.0 Å². The zero-order valence-electron chi connectivity index (χ0n) is 7.46. The predicted octanol–water partition coefficient (Wildman–Crippen LogP) is 3.52. The van der Waals surface area contributed by atoms with Crippen LogP contribution in [0.5, 0.6) is 0 Å². The summed E-state index contributed by atoms with van der Waals surface area (Å²) >= 11 is 0. The first-order chi connectivity index (χ1) is 6.45. The highest BCUT2D eigenvalue weighted by Gasteiger charge is 2.24. The Labute approximate surface area is 78.2 Å². The summed E-state index contributed by atoms with van der Waals surface area (Å²) in [5.41, 5.74) is 1.50. The Balaban J connectivity index is 2.32. The molecule has 2 aromatic carbocycles. The lowest BCUT2D eigenvalue weighted by Gasteiger charge is -2.03. The van der Waals surface area contributed by atoms with E-state index >= 15 is 0 Å². The number of benzene rings is 2.